The van der Waals surface area contributed by atoms with Gasteiger partial charge in [0.1, 0.15) is 4.83 Å². The highest BCUT2D eigenvalue weighted by Crippen LogP contribution is 2.28. The Morgan fingerprint density at radius 2 is 1.69 bits per heavy atom. The lowest BCUT2D eigenvalue weighted by Gasteiger charge is -2.07. The highest BCUT2D eigenvalue weighted by molar-refractivity contribution is 7.99. The summed E-state index contributed by atoms with van der Waals surface area (Å²) in [6.07, 6.45) is 0. The van der Waals surface area contributed by atoms with Gasteiger partial charge in [0.2, 0.25) is 0 Å². The van der Waals surface area contributed by atoms with Crippen LogP contribution in [0.1, 0.15) is 20.8 Å². The summed E-state index contributed by atoms with van der Waals surface area (Å²) in [6, 6.07) is 17.7. The number of aromatic nitrogens is 2. The number of nitrogens with zero attached hydrogens (tertiary/aromatic N) is 2. The number of Topliss-reactive ketones (excluding diaryl/α,β-unsaturated/α-hetero) is 1. The van der Waals surface area contributed by atoms with E-state index in [1.54, 1.807) is 7.05 Å². The third-order valence-electron chi connectivity index (χ3n) is 5.02. The number of fused-ring (bicyclic) bond motifs is 1. The maximum absolute atomic E-state index is 12.7. The van der Waals surface area contributed by atoms with Gasteiger partial charge < -0.3 is 0 Å². The second-order valence-electron chi connectivity index (χ2n) is 6.88. The lowest BCUT2D eigenvalue weighted by molar-refractivity contribution is 0.102. The van der Waals surface area contributed by atoms with Crippen LogP contribution in [-0.2, 0) is 7.05 Å². The Labute approximate surface area is 177 Å². The van der Waals surface area contributed by atoms with E-state index < -0.39 is 0 Å². The van der Waals surface area contributed by atoms with Crippen LogP contribution in [0.2, 0.25) is 0 Å². The van der Waals surface area contributed by atoms with Gasteiger partial charge in [-0.15, -0.1) is 11.3 Å². The molecule has 0 amide bonds. The summed E-state index contributed by atoms with van der Waals surface area (Å²) in [5, 5.41) is 1.25. The van der Waals surface area contributed by atoms with E-state index in [2.05, 4.69) is 4.98 Å². The second-order valence-corrected chi connectivity index (χ2v) is 9.02. The summed E-state index contributed by atoms with van der Waals surface area (Å²) < 4.78 is 1.54. The van der Waals surface area contributed by atoms with Crippen molar-refractivity contribution in [2.45, 2.75) is 19.0 Å². The molecule has 0 radical (unpaired) electrons. The minimum Gasteiger partial charge on any atom is -0.293 e. The molecule has 2 heterocycles. The van der Waals surface area contributed by atoms with E-state index in [1.807, 2.05) is 68.4 Å². The molecule has 6 heteroatoms. The van der Waals surface area contributed by atoms with Crippen LogP contribution in [0.5, 0.6) is 0 Å². The molecule has 146 valence electrons. The lowest BCUT2D eigenvalue weighted by atomic mass is 10.0. The second kappa shape index (κ2) is 7.97. The topological polar surface area (TPSA) is 52.0 Å². The summed E-state index contributed by atoms with van der Waals surface area (Å²) in [5.41, 5.74) is 3.79. The number of benzene rings is 2. The number of thioether (sulfide) groups is 1. The molecule has 0 N–H and O–H groups in total. The Hall–Kier alpha value is -2.70. The van der Waals surface area contributed by atoms with Crippen molar-refractivity contribution in [3.8, 4) is 11.1 Å². The standard InChI is InChI=1S/C23H20N2O2S2/c1-14-15(2)29-21-20(14)22(27)25(3)23(24-21)28-13-19(26)18-11-9-17(10-12-18)16-7-5-4-6-8-16/h4-12H,13H2,1-3H3. The molecule has 0 saturated heterocycles. The molecule has 29 heavy (non-hydrogen) atoms. The van der Waals surface area contributed by atoms with Crippen LogP contribution >= 0.6 is 23.1 Å². The molecule has 0 saturated carbocycles. The SMILES string of the molecule is Cc1sc2nc(SCC(=O)c3ccc(-c4ccccc4)cc3)n(C)c(=O)c2c1C. The Kier molecular flexibility index (Phi) is 5.39. The first-order valence-electron chi connectivity index (χ1n) is 9.24. The van der Waals surface area contributed by atoms with Crippen LogP contribution in [0.3, 0.4) is 0 Å². The largest absolute Gasteiger partial charge is 0.293 e. The first-order valence-corrected chi connectivity index (χ1v) is 11.0. The lowest BCUT2D eigenvalue weighted by Crippen LogP contribution is -2.20. The Morgan fingerprint density at radius 1 is 1.03 bits per heavy atom. The average Bonchev–Trinajstić information content (AvgIpc) is 3.03. The predicted molar refractivity (Wildman–Crippen MR) is 121 cm³/mol. The van der Waals surface area contributed by atoms with Crippen LogP contribution in [0.4, 0.5) is 0 Å². The number of carbonyl (C=O) groups is 1. The molecule has 0 aliphatic carbocycles. The van der Waals surface area contributed by atoms with Gasteiger partial charge in [-0.3, -0.25) is 14.2 Å². The minimum atomic E-state index is -0.0565. The Balaban J connectivity index is 1.53. The molecule has 4 nitrogen and oxygen atoms in total. The summed E-state index contributed by atoms with van der Waals surface area (Å²) in [5.74, 6) is 0.252. The van der Waals surface area contributed by atoms with E-state index in [4.69, 9.17) is 0 Å². The molecule has 0 bridgehead atoms. The smallest absolute Gasteiger partial charge is 0.262 e. The zero-order chi connectivity index (χ0) is 20.5. The van der Waals surface area contributed by atoms with E-state index in [-0.39, 0.29) is 17.1 Å². The Morgan fingerprint density at radius 3 is 2.38 bits per heavy atom. The molecule has 4 rings (SSSR count). The molecule has 0 fully saturated rings. The molecule has 2 aromatic heterocycles. The maximum Gasteiger partial charge on any atom is 0.262 e. The van der Waals surface area contributed by atoms with Crippen molar-refractivity contribution in [2.75, 3.05) is 5.75 Å². The number of hydrogen-bond acceptors (Lipinski definition) is 5. The zero-order valence-corrected chi connectivity index (χ0v) is 18.1. The van der Waals surface area contributed by atoms with Crippen LogP contribution in [0.25, 0.3) is 21.3 Å². The Bertz CT molecular complexity index is 1260. The first kappa shape index (κ1) is 19.6. The summed E-state index contributed by atoms with van der Waals surface area (Å²) in [7, 11) is 1.71. The molecule has 0 atom stereocenters. The zero-order valence-electron chi connectivity index (χ0n) is 16.4. The number of carbonyl (C=O) groups excluding carboxylic acids is 1. The van der Waals surface area contributed by atoms with E-state index in [9.17, 15) is 9.59 Å². The fourth-order valence-electron chi connectivity index (χ4n) is 3.18. The number of rotatable bonds is 5. The fraction of sp³-hybridized carbons (Fsp3) is 0.174. The predicted octanol–water partition coefficient (Wildman–Crippen LogP) is 5.25. The molecule has 0 aliphatic rings. The highest BCUT2D eigenvalue weighted by Gasteiger charge is 2.16. The highest BCUT2D eigenvalue weighted by atomic mass is 32.2. The average molecular weight is 421 g/mol. The van der Waals surface area contributed by atoms with E-state index >= 15 is 0 Å². The molecule has 4 aromatic rings. The minimum absolute atomic E-state index is 0.0162. The molecular weight excluding hydrogens is 400 g/mol. The third-order valence-corrected chi connectivity index (χ3v) is 7.15. The molecular formula is C23H20N2O2S2. The van der Waals surface area contributed by atoms with E-state index in [1.165, 1.54) is 27.7 Å². The van der Waals surface area contributed by atoms with Crippen LogP contribution in [0, 0.1) is 13.8 Å². The normalized spacial score (nSPS) is 11.1. The molecule has 0 aliphatic heterocycles. The van der Waals surface area contributed by atoms with Crippen molar-refractivity contribution in [2.24, 2.45) is 7.05 Å². The number of aryl methyl sites for hydroxylation is 2. The van der Waals surface area contributed by atoms with Crippen LogP contribution in [0.15, 0.2) is 64.5 Å². The summed E-state index contributed by atoms with van der Waals surface area (Å²) in [6.45, 7) is 3.95. The van der Waals surface area contributed by atoms with Crippen LogP contribution in [-0.4, -0.2) is 21.1 Å². The van der Waals surface area contributed by atoms with Gasteiger partial charge in [0.15, 0.2) is 10.9 Å². The van der Waals surface area contributed by atoms with Crippen molar-refractivity contribution in [3.05, 3.63) is 81.0 Å². The first-order chi connectivity index (χ1) is 14.0. The monoisotopic (exact) mass is 420 g/mol. The number of ketones is 1. The fourth-order valence-corrected chi connectivity index (χ4v) is 5.11. The van der Waals surface area contributed by atoms with Gasteiger partial charge in [-0.1, -0.05) is 66.4 Å². The molecule has 0 unspecified atom stereocenters. The maximum atomic E-state index is 12.7. The van der Waals surface area contributed by atoms with Crippen molar-refractivity contribution in [1.82, 2.24) is 9.55 Å². The van der Waals surface area contributed by atoms with Crippen molar-refractivity contribution >= 4 is 39.1 Å². The summed E-state index contributed by atoms with van der Waals surface area (Å²) in [4.78, 5) is 31.8. The third kappa shape index (κ3) is 3.78. The van der Waals surface area contributed by atoms with Gasteiger partial charge in [-0.25, -0.2) is 4.98 Å². The van der Waals surface area contributed by atoms with Gasteiger partial charge in [-0.2, -0.15) is 0 Å². The van der Waals surface area contributed by atoms with Gasteiger partial charge in [0, 0.05) is 17.5 Å². The number of hydrogen-bond donors (Lipinski definition) is 0. The summed E-state index contributed by atoms with van der Waals surface area (Å²) >= 11 is 2.83. The van der Waals surface area contributed by atoms with Gasteiger partial charge in [0.05, 0.1) is 11.1 Å². The van der Waals surface area contributed by atoms with Crippen molar-refractivity contribution in [3.63, 3.8) is 0 Å². The quantitative estimate of drug-likeness (QED) is 0.251. The van der Waals surface area contributed by atoms with Crippen molar-refractivity contribution < 1.29 is 4.79 Å². The molecule has 0 spiro atoms. The van der Waals surface area contributed by atoms with Gasteiger partial charge >= 0.3 is 0 Å². The van der Waals surface area contributed by atoms with Crippen molar-refractivity contribution in [1.29, 1.82) is 0 Å². The van der Waals surface area contributed by atoms with Gasteiger partial charge in [-0.05, 0) is 30.5 Å². The van der Waals surface area contributed by atoms with Crippen LogP contribution < -0.4 is 5.56 Å². The van der Waals surface area contributed by atoms with E-state index in [0.29, 0.717) is 16.1 Å². The van der Waals surface area contributed by atoms with E-state index in [0.717, 1.165) is 26.4 Å². The van der Waals surface area contributed by atoms with Gasteiger partial charge in [0.25, 0.3) is 5.56 Å². The molecule has 2 aromatic carbocycles. The number of thiophene rings is 1.